The lowest BCUT2D eigenvalue weighted by Gasteiger charge is -2.22. The van der Waals surface area contributed by atoms with Crippen LogP contribution in [-0.4, -0.2) is 18.0 Å². The zero-order valence-electron chi connectivity index (χ0n) is 15.4. The third-order valence-corrected chi connectivity index (χ3v) is 2.66. The van der Waals surface area contributed by atoms with Crippen LogP contribution in [0, 0.1) is 0 Å². The van der Waals surface area contributed by atoms with E-state index >= 15 is 0 Å². The highest BCUT2D eigenvalue weighted by Gasteiger charge is 1.99. The van der Waals surface area contributed by atoms with E-state index in [1.165, 1.54) is 25.7 Å². The van der Waals surface area contributed by atoms with E-state index in [9.17, 15) is 0 Å². The van der Waals surface area contributed by atoms with E-state index in [4.69, 9.17) is 0 Å². The zero-order chi connectivity index (χ0) is 17.1. The molecule has 0 atom stereocenters. The van der Waals surface area contributed by atoms with Gasteiger partial charge in [0.1, 0.15) is 0 Å². The molecule has 0 unspecified atom stereocenters. The fourth-order valence-corrected chi connectivity index (χ4v) is 1.41. The molecular weight excluding hydrogens is 254 g/mol. The number of allylic oxidation sites excluding steroid dienone is 3. The largest absolute Gasteiger partial charge is 0.372 e. The minimum Gasteiger partial charge on any atom is -0.372 e. The van der Waals surface area contributed by atoms with Crippen molar-refractivity contribution in [1.29, 1.82) is 0 Å². The molecule has 0 aliphatic rings. The summed E-state index contributed by atoms with van der Waals surface area (Å²) < 4.78 is 0. The Morgan fingerprint density at radius 1 is 0.905 bits per heavy atom. The molecule has 0 N–H and O–H groups in total. The minimum atomic E-state index is 1.03. The molecule has 0 aromatic rings. The Morgan fingerprint density at radius 3 is 1.67 bits per heavy atom. The van der Waals surface area contributed by atoms with Gasteiger partial charge in [0.15, 0.2) is 0 Å². The smallest absolute Gasteiger partial charge is 0.0287 e. The molecule has 0 bridgehead atoms. The first-order valence-electron chi connectivity index (χ1n) is 8.35. The van der Waals surface area contributed by atoms with Gasteiger partial charge in [-0.2, -0.15) is 0 Å². The van der Waals surface area contributed by atoms with E-state index in [1.807, 2.05) is 12.2 Å². The Kier molecular flexibility index (Phi) is 24.8. The Bertz CT molecular complexity index is 263. The number of nitrogens with zero attached hydrogens (tertiary/aromatic N) is 1. The van der Waals surface area contributed by atoms with Crippen LogP contribution in [0.2, 0.25) is 0 Å². The summed E-state index contributed by atoms with van der Waals surface area (Å²) in [5.41, 5.74) is 2.18. The molecule has 0 aromatic carbocycles. The maximum Gasteiger partial charge on any atom is 0.0287 e. The fraction of sp³-hybridized carbons (Fsp3) is 0.600. The average molecular weight is 294 g/mol. The summed E-state index contributed by atoms with van der Waals surface area (Å²) in [5.74, 6) is 0. The van der Waals surface area contributed by atoms with E-state index in [2.05, 4.69) is 65.8 Å². The lowest BCUT2D eigenvalue weighted by molar-refractivity contribution is 0.367. The van der Waals surface area contributed by atoms with Crippen molar-refractivity contribution in [3.63, 3.8) is 0 Å². The molecule has 1 heteroatoms. The Labute approximate surface area is 135 Å². The number of hydrogen-bond acceptors (Lipinski definition) is 1. The van der Waals surface area contributed by atoms with Crippen molar-refractivity contribution >= 4 is 0 Å². The Morgan fingerprint density at radius 2 is 1.43 bits per heavy atom. The minimum absolute atomic E-state index is 1.03. The van der Waals surface area contributed by atoms with E-state index in [0.717, 1.165) is 30.8 Å². The van der Waals surface area contributed by atoms with Gasteiger partial charge in [-0.3, -0.25) is 0 Å². The van der Waals surface area contributed by atoms with Crippen LogP contribution in [0.3, 0.4) is 0 Å². The van der Waals surface area contributed by atoms with Gasteiger partial charge in [0.05, 0.1) is 0 Å². The van der Waals surface area contributed by atoms with Crippen molar-refractivity contribution in [2.75, 3.05) is 13.1 Å². The van der Waals surface area contributed by atoms with Crippen molar-refractivity contribution in [3.8, 4) is 0 Å². The molecule has 0 radical (unpaired) electrons. The van der Waals surface area contributed by atoms with Gasteiger partial charge in [-0.15, -0.1) is 0 Å². The molecule has 0 rings (SSSR count). The van der Waals surface area contributed by atoms with E-state index < -0.39 is 0 Å². The normalized spacial score (nSPS) is 8.43. The van der Waals surface area contributed by atoms with Gasteiger partial charge in [-0.05, 0) is 25.8 Å². The molecule has 0 spiro atoms. The summed E-state index contributed by atoms with van der Waals surface area (Å²) in [7, 11) is 0. The maximum absolute atomic E-state index is 3.91. The van der Waals surface area contributed by atoms with Crippen LogP contribution in [-0.2, 0) is 0 Å². The van der Waals surface area contributed by atoms with Crippen LogP contribution in [0.1, 0.15) is 66.7 Å². The first-order valence-corrected chi connectivity index (χ1v) is 8.35. The van der Waals surface area contributed by atoms with Crippen LogP contribution in [0.4, 0.5) is 0 Å². The molecule has 124 valence electrons. The molecule has 0 amide bonds. The summed E-state index contributed by atoms with van der Waals surface area (Å²) >= 11 is 0. The number of hydrogen-bond donors (Lipinski definition) is 0. The highest BCUT2D eigenvalue weighted by atomic mass is 15.1. The number of unbranched alkanes of at least 4 members (excludes halogenated alkanes) is 1. The molecule has 0 fully saturated rings. The third kappa shape index (κ3) is 21.2. The fourth-order valence-electron chi connectivity index (χ4n) is 1.41. The zero-order valence-corrected chi connectivity index (χ0v) is 15.4. The van der Waals surface area contributed by atoms with E-state index in [1.54, 1.807) is 0 Å². The summed E-state index contributed by atoms with van der Waals surface area (Å²) in [6.45, 7) is 27.8. The van der Waals surface area contributed by atoms with Crippen LogP contribution < -0.4 is 0 Å². The van der Waals surface area contributed by atoms with Gasteiger partial charge in [0, 0.05) is 18.8 Å². The molecule has 0 heterocycles. The van der Waals surface area contributed by atoms with Crippen molar-refractivity contribution < 1.29 is 0 Å². The topological polar surface area (TPSA) is 3.24 Å². The van der Waals surface area contributed by atoms with E-state index in [-0.39, 0.29) is 0 Å². The third-order valence-electron chi connectivity index (χ3n) is 2.66. The molecule has 0 aliphatic carbocycles. The van der Waals surface area contributed by atoms with Crippen LogP contribution >= 0.6 is 0 Å². The summed E-state index contributed by atoms with van der Waals surface area (Å²) in [6.07, 6.45) is 9.61. The maximum atomic E-state index is 3.91. The lowest BCUT2D eigenvalue weighted by atomic mass is 10.2. The Balaban J connectivity index is -0.000000277. The molecule has 0 saturated carbocycles. The predicted molar refractivity (Wildman–Crippen MR) is 102 cm³/mol. The molecule has 0 saturated heterocycles. The highest BCUT2D eigenvalue weighted by Crippen LogP contribution is 2.03. The second kappa shape index (κ2) is 21.1. The average Bonchev–Trinajstić information content (AvgIpc) is 2.49. The molecule has 0 aliphatic heterocycles. The monoisotopic (exact) mass is 293 g/mol. The van der Waals surface area contributed by atoms with Crippen LogP contribution in [0.5, 0.6) is 0 Å². The van der Waals surface area contributed by atoms with Crippen LogP contribution in [0.15, 0.2) is 49.7 Å². The van der Waals surface area contributed by atoms with Crippen molar-refractivity contribution in [1.82, 2.24) is 4.90 Å². The lowest BCUT2D eigenvalue weighted by Crippen LogP contribution is -2.22. The number of likely N-dealkylation sites (N-methyl/N-ethyl adjacent to an activating group) is 1. The first-order chi connectivity index (χ1) is 9.98. The second-order valence-corrected chi connectivity index (χ2v) is 4.95. The summed E-state index contributed by atoms with van der Waals surface area (Å²) in [5, 5.41) is 0. The second-order valence-electron chi connectivity index (χ2n) is 4.95. The molecule has 21 heavy (non-hydrogen) atoms. The van der Waals surface area contributed by atoms with Crippen molar-refractivity contribution in [3.05, 3.63) is 49.7 Å². The molecule has 0 aromatic heterocycles. The van der Waals surface area contributed by atoms with Gasteiger partial charge in [0.25, 0.3) is 0 Å². The quantitative estimate of drug-likeness (QED) is 0.425. The van der Waals surface area contributed by atoms with Crippen molar-refractivity contribution in [2.45, 2.75) is 66.7 Å². The standard InChI is InChI=1S/C10H19N.C7H12.C3H8/c1-5-8-9-11(7-3)10(4)6-2;1-4-6-7(3)5-2;1-3-2/h6H,2,4-5,7-9H2,1,3H3;5H,2-4,6H2,1H3;3H2,1-2H3. The highest BCUT2D eigenvalue weighted by molar-refractivity contribution is 5.10. The van der Waals surface area contributed by atoms with Gasteiger partial charge in [-0.25, -0.2) is 0 Å². The molecule has 1 nitrogen and oxygen atoms in total. The van der Waals surface area contributed by atoms with Gasteiger partial charge < -0.3 is 4.90 Å². The number of rotatable bonds is 9. The van der Waals surface area contributed by atoms with Gasteiger partial charge in [-0.1, -0.05) is 84.9 Å². The van der Waals surface area contributed by atoms with E-state index in [0.29, 0.717) is 0 Å². The SMILES string of the molecule is C=CC(=C)CCC.C=CC(=C)N(CC)CCCC.CCC. The van der Waals surface area contributed by atoms with Gasteiger partial charge in [0.2, 0.25) is 0 Å². The van der Waals surface area contributed by atoms with Crippen LogP contribution in [0.25, 0.3) is 0 Å². The van der Waals surface area contributed by atoms with Crippen molar-refractivity contribution in [2.24, 2.45) is 0 Å². The van der Waals surface area contributed by atoms with Gasteiger partial charge >= 0.3 is 0 Å². The Hall–Kier alpha value is -1.24. The predicted octanol–water partition coefficient (Wildman–Crippen LogP) is 6.75. The summed E-state index contributed by atoms with van der Waals surface area (Å²) in [4.78, 5) is 2.25. The molecular formula is C20H39N. The first kappa shape index (κ1) is 24.8. The summed E-state index contributed by atoms with van der Waals surface area (Å²) in [6, 6.07) is 0.